The first-order valence-electron chi connectivity index (χ1n) is 3.42. The van der Waals surface area contributed by atoms with Gasteiger partial charge >= 0.3 is 6.03 Å². The molecule has 0 aromatic heterocycles. The van der Waals surface area contributed by atoms with Crippen LogP contribution in [-0.4, -0.2) is 34.9 Å². The molecule has 0 fully saturated rings. The van der Waals surface area contributed by atoms with E-state index >= 15 is 0 Å². The molecule has 0 aromatic rings. The van der Waals surface area contributed by atoms with Crippen molar-refractivity contribution in [3.8, 4) is 0 Å². The van der Waals surface area contributed by atoms with E-state index in [4.69, 9.17) is 34.8 Å². The van der Waals surface area contributed by atoms with E-state index in [1.54, 1.807) is 7.05 Å². The third-order valence-corrected chi connectivity index (χ3v) is 1.45. The van der Waals surface area contributed by atoms with Gasteiger partial charge in [0.15, 0.2) is 0 Å². The molecular formula is C6H11Cl3N2O. The molecule has 0 bridgehead atoms. The first-order valence-corrected chi connectivity index (χ1v) is 4.56. The topological polar surface area (TPSA) is 32.3 Å². The molecule has 0 spiro atoms. The Labute approximate surface area is 86.9 Å². The Morgan fingerprint density at radius 1 is 1.50 bits per heavy atom. The van der Waals surface area contributed by atoms with Gasteiger partial charge in [0.2, 0.25) is 3.79 Å². The number of hydrogen-bond donors (Lipinski definition) is 1. The van der Waals surface area contributed by atoms with E-state index in [1.165, 1.54) is 4.90 Å². The Balaban J connectivity index is 3.87. The molecule has 12 heavy (non-hydrogen) atoms. The molecule has 0 aliphatic heterocycles. The standard InChI is InChI=1S/C6H11Cl3N2O/c1-3-10-5(12)11(2)4-6(7,8)9/h3-4H2,1-2H3,(H,10,12). The first kappa shape index (κ1) is 12.1. The number of nitrogens with one attached hydrogen (secondary N) is 1. The molecule has 72 valence electrons. The maximum absolute atomic E-state index is 11.1. The highest BCUT2D eigenvalue weighted by molar-refractivity contribution is 6.67. The molecule has 0 rings (SSSR count). The second-order valence-corrected chi connectivity index (χ2v) is 4.82. The molecule has 0 saturated carbocycles. The number of urea groups is 1. The molecule has 0 aliphatic carbocycles. The molecule has 0 atom stereocenters. The van der Waals surface area contributed by atoms with E-state index in [0.717, 1.165) is 0 Å². The van der Waals surface area contributed by atoms with Crippen LogP contribution >= 0.6 is 34.8 Å². The van der Waals surface area contributed by atoms with Crippen LogP contribution < -0.4 is 5.32 Å². The zero-order valence-corrected chi connectivity index (χ0v) is 9.17. The molecule has 0 unspecified atom stereocenters. The smallest absolute Gasteiger partial charge is 0.317 e. The zero-order chi connectivity index (χ0) is 9.78. The largest absolute Gasteiger partial charge is 0.338 e. The molecule has 0 aliphatic rings. The van der Waals surface area contributed by atoms with E-state index in [2.05, 4.69) is 5.32 Å². The summed E-state index contributed by atoms with van der Waals surface area (Å²) in [6.07, 6.45) is 0. The lowest BCUT2D eigenvalue weighted by Crippen LogP contribution is -2.41. The van der Waals surface area contributed by atoms with Gasteiger partial charge in [0, 0.05) is 13.6 Å². The van der Waals surface area contributed by atoms with Crippen LogP contribution in [0.3, 0.4) is 0 Å². The molecule has 0 radical (unpaired) electrons. The van der Waals surface area contributed by atoms with Crippen molar-refractivity contribution in [1.29, 1.82) is 0 Å². The van der Waals surface area contributed by atoms with Gasteiger partial charge in [-0.05, 0) is 6.92 Å². The molecule has 0 aromatic carbocycles. The van der Waals surface area contributed by atoms with Crippen LogP contribution in [0.25, 0.3) is 0 Å². The number of rotatable bonds is 2. The number of nitrogens with zero attached hydrogens (tertiary/aromatic N) is 1. The number of amides is 2. The second-order valence-electron chi connectivity index (χ2n) is 2.31. The minimum absolute atomic E-state index is 0.0729. The summed E-state index contributed by atoms with van der Waals surface area (Å²) in [5, 5.41) is 2.58. The molecule has 1 N–H and O–H groups in total. The summed E-state index contributed by atoms with van der Waals surface area (Å²) in [7, 11) is 1.56. The molecule has 6 heteroatoms. The Bertz CT molecular complexity index is 157. The third-order valence-electron chi connectivity index (χ3n) is 1.09. The summed E-state index contributed by atoms with van der Waals surface area (Å²) in [6, 6.07) is -0.246. The van der Waals surface area contributed by atoms with Crippen LogP contribution in [0.5, 0.6) is 0 Å². The summed E-state index contributed by atoms with van der Waals surface area (Å²) in [6.45, 7) is 2.45. The lowest BCUT2D eigenvalue weighted by atomic mass is 10.6. The lowest BCUT2D eigenvalue weighted by molar-refractivity contribution is 0.210. The average Bonchev–Trinajstić information content (AvgIpc) is 1.84. The van der Waals surface area contributed by atoms with Gasteiger partial charge in [-0.1, -0.05) is 34.8 Å². The van der Waals surface area contributed by atoms with Crippen molar-refractivity contribution in [2.75, 3.05) is 20.1 Å². The van der Waals surface area contributed by atoms with Gasteiger partial charge in [-0.3, -0.25) is 0 Å². The van der Waals surface area contributed by atoms with Crippen molar-refractivity contribution in [1.82, 2.24) is 10.2 Å². The van der Waals surface area contributed by atoms with Gasteiger partial charge in [0.25, 0.3) is 0 Å². The van der Waals surface area contributed by atoms with Crippen molar-refractivity contribution in [3.63, 3.8) is 0 Å². The highest BCUT2D eigenvalue weighted by atomic mass is 35.6. The molecule has 3 nitrogen and oxygen atoms in total. The fraction of sp³-hybridized carbons (Fsp3) is 0.833. The Kier molecular flexibility index (Phi) is 5.06. The lowest BCUT2D eigenvalue weighted by Gasteiger charge is -2.21. The summed E-state index contributed by atoms with van der Waals surface area (Å²) in [5.41, 5.74) is 0. The van der Waals surface area contributed by atoms with E-state index < -0.39 is 3.79 Å². The van der Waals surface area contributed by atoms with Gasteiger partial charge in [0.1, 0.15) is 0 Å². The van der Waals surface area contributed by atoms with Gasteiger partial charge in [-0.25, -0.2) is 4.79 Å². The van der Waals surface area contributed by atoms with Crippen molar-refractivity contribution in [3.05, 3.63) is 0 Å². The normalized spacial score (nSPS) is 11.1. The Morgan fingerprint density at radius 2 is 2.00 bits per heavy atom. The third kappa shape index (κ3) is 5.75. The van der Waals surface area contributed by atoms with Gasteiger partial charge in [-0.2, -0.15) is 0 Å². The number of carbonyl (C=O) groups is 1. The average molecular weight is 234 g/mol. The fourth-order valence-corrected chi connectivity index (χ4v) is 1.16. The number of carbonyl (C=O) groups excluding carboxylic acids is 1. The quantitative estimate of drug-likeness (QED) is 0.727. The van der Waals surface area contributed by atoms with E-state index in [9.17, 15) is 4.79 Å². The zero-order valence-electron chi connectivity index (χ0n) is 6.90. The van der Waals surface area contributed by atoms with Crippen LogP contribution in [0.1, 0.15) is 6.92 Å². The van der Waals surface area contributed by atoms with Crippen molar-refractivity contribution in [2.45, 2.75) is 10.7 Å². The van der Waals surface area contributed by atoms with E-state index in [1.807, 2.05) is 6.92 Å². The fourth-order valence-electron chi connectivity index (χ4n) is 0.627. The minimum atomic E-state index is -1.42. The molecule has 0 heterocycles. The number of halogens is 3. The monoisotopic (exact) mass is 232 g/mol. The molecular weight excluding hydrogens is 222 g/mol. The Hall–Kier alpha value is 0.140. The highest BCUT2D eigenvalue weighted by Crippen LogP contribution is 2.26. The maximum Gasteiger partial charge on any atom is 0.317 e. The van der Waals surface area contributed by atoms with E-state index in [-0.39, 0.29) is 12.6 Å². The first-order chi connectivity index (χ1) is 5.37. The maximum atomic E-state index is 11.1. The number of alkyl halides is 3. The molecule has 2 amide bonds. The second kappa shape index (κ2) is 5.00. The molecule has 0 saturated heterocycles. The van der Waals surface area contributed by atoms with Gasteiger partial charge in [0.05, 0.1) is 6.54 Å². The van der Waals surface area contributed by atoms with Crippen LogP contribution in [0.2, 0.25) is 0 Å². The van der Waals surface area contributed by atoms with Crippen molar-refractivity contribution >= 4 is 40.8 Å². The van der Waals surface area contributed by atoms with Crippen LogP contribution in [0.15, 0.2) is 0 Å². The van der Waals surface area contributed by atoms with Crippen LogP contribution in [0.4, 0.5) is 4.79 Å². The predicted molar refractivity (Wildman–Crippen MR) is 52.0 cm³/mol. The summed E-state index contributed by atoms with van der Waals surface area (Å²) >= 11 is 16.4. The summed E-state index contributed by atoms with van der Waals surface area (Å²) in [4.78, 5) is 12.4. The van der Waals surface area contributed by atoms with Gasteiger partial charge in [-0.15, -0.1) is 0 Å². The summed E-state index contributed by atoms with van der Waals surface area (Å²) in [5.74, 6) is 0. The summed E-state index contributed by atoms with van der Waals surface area (Å²) < 4.78 is -1.42. The SMILES string of the molecule is CCNC(=O)N(C)CC(Cl)(Cl)Cl. The number of hydrogen-bond acceptors (Lipinski definition) is 1. The van der Waals surface area contributed by atoms with Gasteiger partial charge < -0.3 is 10.2 Å². The Morgan fingerprint density at radius 3 is 2.33 bits per heavy atom. The minimum Gasteiger partial charge on any atom is -0.338 e. The highest BCUT2D eigenvalue weighted by Gasteiger charge is 2.24. The van der Waals surface area contributed by atoms with Crippen LogP contribution in [-0.2, 0) is 0 Å². The van der Waals surface area contributed by atoms with Crippen molar-refractivity contribution in [2.24, 2.45) is 0 Å². The predicted octanol–water partition coefficient (Wildman–Crippen LogP) is 2.02. The van der Waals surface area contributed by atoms with Crippen LogP contribution in [0, 0.1) is 0 Å². The van der Waals surface area contributed by atoms with E-state index in [0.29, 0.717) is 6.54 Å². The van der Waals surface area contributed by atoms with Crippen molar-refractivity contribution < 1.29 is 4.79 Å².